The average Bonchev–Trinajstić information content (AvgIpc) is 2.88. The Bertz CT molecular complexity index is 1210. The number of benzene rings is 3. The molecule has 0 spiro atoms. The molecule has 0 atom stereocenters. The maximum absolute atomic E-state index is 13.1. The standard InChI is InChI=1S/C25H28N2O6S/c1-26(16-17-33-23-14-12-22(32-4)13-15-23)25(28)19-6-5-7-24(18-19)34(29,30)27(2)20-8-10-21(31-3)11-9-20/h5-15,18H,16-17H2,1-4H3. The monoisotopic (exact) mass is 484 g/mol. The molecule has 0 aliphatic heterocycles. The van der Waals surface area contributed by atoms with Gasteiger partial charge in [0.05, 0.1) is 31.3 Å². The van der Waals surface area contributed by atoms with Crippen LogP contribution >= 0.6 is 0 Å². The molecule has 1 amide bonds. The van der Waals surface area contributed by atoms with Crippen LogP contribution in [0.3, 0.4) is 0 Å². The van der Waals surface area contributed by atoms with E-state index in [-0.39, 0.29) is 23.0 Å². The topological polar surface area (TPSA) is 85.4 Å². The molecule has 0 aliphatic rings. The molecule has 0 saturated heterocycles. The van der Waals surface area contributed by atoms with Crippen LogP contribution in [0.15, 0.2) is 77.7 Å². The summed E-state index contributed by atoms with van der Waals surface area (Å²) in [6.45, 7) is 0.611. The number of hydrogen-bond donors (Lipinski definition) is 0. The summed E-state index contributed by atoms with van der Waals surface area (Å²) >= 11 is 0. The zero-order chi connectivity index (χ0) is 24.7. The minimum Gasteiger partial charge on any atom is -0.497 e. The average molecular weight is 485 g/mol. The summed E-state index contributed by atoms with van der Waals surface area (Å²) in [5.74, 6) is 1.71. The Morgan fingerprint density at radius 2 is 1.38 bits per heavy atom. The summed E-state index contributed by atoms with van der Waals surface area (Å²) in [6.07, 6.45) is 0. The second-order valence-corrected chi connectivity index (χ2v) is 9.42. The van der Waals surface area contributed by atoms with Crippen molar-refractivity contribution in [1.82, 2.24) is 4.90 Å². The maximum Gasteiger partial charge on any atom is 0.264 e. The Balaban J connectivity index is 1.66. The largest absolute Gasteiger partial charge is 0.497 e. The minimum atomic E-state index is -3.87. The highest BCUT2D eigenvalue weighted by Crippen LogP contribution is 2.25. The van der Waals surface area contributed by atoms with Crippen molar-refractivity contribution in [2.24, 2.45) is 0 Å². The van der Waals surface area contributed by atoms with Gasteiger partial charge in [-0.05, 0) is 66.7 Å². The highest BCUT2D eigenvalue weighted by Gasteiger charge is 2.23. The molecule has 3 aromatic rings. The first-order chi connectivity index (χ1) is 16.3. The van der Waals surface area contributed by atoms with E-state index < -0.39 is 10.0 Å². The molecule has 0 aliphatic carbocycles. The van der Waals surface area contributed by atoms with Crippen LogP contribution in [0.4, 0.5) is 5.69 Å². The SMILES string of the molecule is COc1ccc(OCCN(C)C(=O)c2cccc(S(=O)(=O)N(C)c3ccc(OC)cc3)c2)cc1. The lowest BCUT2D eigenvalue weighted by molar-refractivity contribution is 0.0773. The number of ether oxygens (including phenoxy) is 3. The predicted octanol–water partition coefficient (Wildman–Crippen LogP) is 3.68. The van der Waals surface area contributed by atoms with Gasteiger partial charge in [0.25, 0.3) is 15.9 Å². The molecule has 0 aromatic heterocycles. The number of methoxy groups -OCH3 is 2. The molecule has 0 heterocycles. The van der Waals surface area contributed by atoms with Gasteiger partial charge >= 0.3 is 0 Å². The van der Waals surface area contributed by atoms with E-state index in [1.165, 1.54) is 28.4 Å². The number of anilines is 1. The van der Waals surface area contributed by atoms with Crippen LogP contribution in [0.5, 0.6) is 17.2 Å². The lowest BCUT2D eigenvalue weighted by Gasteiger charge is -2.21. The number of nitrogens with zero attached hydrogens (tertiary/aromatic N) is 2. The zero-order valence-corrected chi connectivity index (χ0v) is 20.4. The third-order valence-electron chi connectivity index (χ3n) is 5.28. The fourth-order valence-electron chi connectivity index (χ4n) is 3.17. The fourth-order valence-corrected chi connectivity index (χ4v) is 4.41. The van der Waals surface area contributed by atoms with Crippen molar-refractivity contribution in [1.29, 1.82) is 0 Å². The summed E-state index contributed by atoms with van der Waals surface area (Å²) in [5.41, 5.74) is 0.751. The molecule has 0 fully saturated rings. The summed E-state index contributed by atoms with van der Waals surface area (Å²) in [5, 5.41) is 0. The van der Waals surface area contributed by atoms with Gasteiger partial charge in [0.2, 0.25) is 0 Å². The Morgan fingerprint density at radius 1 is 0.824 bits per heavy atom. The van der Waals surface area contributed by atoms with Gasteiger partial charge in [0.1, 0.15) is 23.9 Å². The van der Waals surface area contributed by atoms with Gasteiger partial charge in [0.15, 0.2) is 0 Å². The van der Waals surface area contributed by atoms with E-state index in [2.05, 4.69) is 0 Å². The molecule has 8 nitrogen and oxygen atoms in total. The number of amides is 1. The van der Waals surface area contributed by atoms with E-state index in [0.29, 0.717) is 23.7 Å². The van der Waals surface area contributed by atoms with Gasteiger partial charge in [0, 0.05) is 19.7 Å². The van der Waals surface area contributed by atoms with Crippen LogP contribution in [0, 0.1) is 0 Å². The van der Waals surface area contributed by atoms with Gasteiger partial charge in [-0.3, -0.25) is 9.10 Å². The van der Waals surface area contributed by atoms with Gasteiger partial charge in [-0.1, -0.05) is 6.07 Å². The van der Waals surface area contributed by atoms with Crippen molar-refractivity contribution in [2.45, 2.75) is 4.90 Å². The molecule has 0 saturated carbocycles. The maximum atomic E-state index is 13.1. The molecular formula is C25H28N2O6S. The van der Waals surface area contributed by atoms with Crippen molar-refractivity contribution >= 4 is 21.6 Å². The number of rotatable bonds is 10. The normalized spacial score (nSPS) is 10.9. The van der Waals surface area contributed by atoms with E-state index in [4.69, 9.17) is 14.2 Å². The van der Waals surface area contributed by atoms with E-state index in [1.807, 2.05) is 0 Å². The number of carbonyl (C=O) groups excluding carboxylic acids is 1. The van der Waals surface area contributed by atoms with E-state index >= 15 is 0 Å². The van der Waals surface area contributed by atoms with Crippen LogP contribution < -0.4 is 18.5 Å². The van der Waals surface area contributed by atoms with Crippen LogP contribution in [0.2, 0.25) is 0 Å². The van der Waals surface area contributed by atoms with Gasteiger partial charge in [-0.25, -0.2) is 8.42 Å². The Hall–Kier alpha value is -3.72. The number of sulfonamides is 1. The molecule has 3 aromatic carbocycles. The molecule has 9 heteroatoms. The molecule has 180 valence electrons. The van der Waals surface area contributed by atoms with E-state index in [0.717, 1.165) is 5.75 Å². The predicted molar refractivity (Wildman–Crippen MR) is 130 cm³/mol. The first-order valence-electron chi connectivity index (χ1n) is 10.5. The molecule has 0 radical (unpaired) electrons. The van der Waals surface area contributed by atoms with Crippen LogP contribution in [0.25, 0.3) is 0 Å². The molecule has 0 bridgehead atoms. The summed E-state index contributed by atoms with van der Waals surface area (Å²) in [7, 11) is 2.38. The second kappa shape index (κ2) is 10.9. The molecule has 3 rings (SSSR count). The molecule has 0 unspecified atom stereocenters. The van der Waals surface area contributed by atoms with E-state index in [1.54, 1.807) is 81.9 Å². The van der Waals surface area contributed by atoms with Crippen molar-refractivity contribution in [3.05, 3.63) is 78.4 Å². The Kier molecular flexibility index (Phi) is 8.01. The number of carbonyl (C=O) groups is 1. The minimum absolute atomic E-state index is 0.0274. The molecule has 0 N–H and O–H groups in total. The van der Waals surface area contributed by atoms with Crippen LogP contribution in [0.1, 0.15) is 10.4 Å². The summed E-state index contributed by atoms with van der Waals surface area (Å²) in [4.78, 5) is 14.4. The Labute approximate surface area is 200 Å². The van der Waals surface area contributed by atoms with Crippen molar-refractivity contribution < 1.29 is 27.4 Å². The van der Waals surface area contributed by atoms with E-state index in [9.17, 15) is 13.2 Å². The third-order valence-corrected chi connectivity index (χ3v) is 7.06. The number of hydrogen-bond acceptors (Lipinski definition) is 6. The van der Waals surface area contributed by atoms with Crippen molar-refractivity contribution in [2.75, 3.05) is 45.8 Å². The second-order valence-electron chi connectivity index (χ2n) is 7.45. The smallest absolute Gasteiger partial charge is 0.264 e. The lowest BCUT2D eigenvalue weighted by atomic mass is 10.2. The highest BCUT2D eigenvalue weighted by molar-refractivity contribution is 7.92. The fraction of sp³-hybridized carbons (Fsp3) is 0.240. The summed E-state index contributed by atoms with van der Waals surface area (Å²) < 4.78 is 43.4. The molecular weight excluding hydrogens is 456 g/mol. The lowest BCUT2D eigenvalue weighted by Crippen LogP contribution is -2.31. The van der Waals surface area contributed by atoms with Crippen molar-refractivity contribution in [3.8, 4) is 17.2 Å². The van der Waals surface area contributed by atoms with Gasteiger partial charge in [-0.2, -0.15) is 0 Å². The van der Waals surface area contributed by atoms with Gasteiger partial charge in [-0.15, -0.1) is 0 Å². The third kappa shape index (κ3) is 5.79. The zero-order valence-electron chi connectivity index (χ0n) is 19.6. The first kappa shape index (κ1) is 24.9. The summed E-state index contributed by atoms with van der Waals surface area (Å²) in [6, 6.07) is 19.8. The van der Waals surface area contributed by atoms with Crippen molar-refractivity contribution in [3.63, 3.8) is 0 Å². The highest BCUT2D eigenvalue weighted by atomic mass is 32.2. The number of likely N-dealkylation sites (N-methyl/N-ethyl adjacent to an activating group) is 1. The first-order valence-corrected chi connectivity index (χ1v) is 12.0. The Morgan fingerprint density at radius 3 is 1.97 bits per heavy atom. The van der Waals surface area contributed by atoms with Gasteiger partial charge < -0.3 is 19.1 Å². The van der Waals surface area contributed by atoms with Crippen LogP contribution in [-0.2, 0) is 10.0 Å². The van der Waals surface area contributed by atoms with Crippen LogP contribution in [-0.4, -0.2) is 60.7 Å². The molecule has 34 heavy (non-hydrogen) atoms. The quantitative estimate of drug-likeness (QED) is 0.436.